The lowest BCUT2D eigenvalue weighted by Crippen LogP contribution is -2.09. The van der Waals surface area contributed by atoms with Crippen molar-refractivity contribution >= 4 is 0 Å². The molecule has 0 bridgehead atoms. The molecule has 0 unspecified atom stereocenters. The van der Waals surface area contributed by atoms with Gasteiger partial charge in [0.2, 0.25) is 0 Å². The Morgan fingerprint density at radius 1 is 1.16 bits per heavy atom. The minimum absolute atomic E-state index is 0.850. The standard InChI is InChI=1S/C17H19NO/c1-18-12-15-5-2-3-7-16(15)13-8-9-17-14(11-13)6-4-10-19-17/h2-3,5,7-9,11,18H,4,6,10,12H2,1H3. The van der Waals surface area contributed by atoms with Gasteiger partial charge in [0.1, 0.15) is 5.75 Å². The van der Waals surface area contributed by atoms with E-state index in [0.717, 1.165) is 31.7 Å². The van der Waals surface area contributed by atoms with Crippen molar-refractivity contribution < 1.29 is 4.74 Å². The van der Waals surface area contributed by atoms with Gasteiger partial charge in [0.05, 0.1) is 6.61 Å². The zero-order chi connectivity index (χ0) is 13.1. The lowest BCUT2D eigenvalue weighted by molar-refractivity contribution is 0.288. The molecule has 1 N–H and O–H groups in total. The first-order valence-corrected chi connectivity index (χ1v) is 6.87. The molecule has 0 radical (unpaired) electrons. The Morgan fingerprint density at radius 2 is 2.05 bits per heavy atom. The minimum Gasteiger partial charge on any atom is -0.493 e. The second kappa shape index (κ2) is 5.45. The van der Waals surface area contributed by atoms with E-state index >= 15 is 0 Å². The molecule has 0 saturated heterocycles. The Balaban J connectivity index is 2.02. The average Bonchev–Trinajstić information content (AvgIpc) is 2.48. The van der Waals surface area contributed by atoms with Gasteiger partial charge in [-0.25, -0.2) is 0 Å². The normalized spacial score (nSPS) is 13.7. The Morgan fingerprint density at radius 3 is 2.95 bits per heavy atom. The summed E-state index contributed by atoms with van der Waals surface area (Å²) in [7, 11) is 1.98. The van der Waals surface area contributed by atoms with Crippen LogP contribution in [0.15, 0.2) is 42.5 Å². The van der Waals surface area contributed by atoms with Gasteiger partial charge in [-0.1, -0.05) is 30.3 Å². The van der Waals surface area contributed by atoms with Crippen LogP contribution in [0.5, 0.6) is 5.75 Å². The van der Waals surface area contributed by atoms with Crippen LogP contribution >= 0.6 is 0 Å². The van der Waals surface area contributed by atoms with Crippen LogP contribution in [0, 0.1) is 0 Å². The molecule has 2 aromatic rings. The fourth-order valence-corrected chi connectivity index (χ4v) is 2.67. The van der Waals surface area contributed by atoms with E-state index in [1.807, 2.05) is 7.05 Å². The number of fused-ring (bicyclic) bond motifs is 1. The van der Waals surface area contributed by atoms with Gasteiger partial charge in [0.15, 0.2) is 0 Å². The second-order valence-corrected chi connectivity index (χ2v) is 4.96. The maximum absolute atomic E-state index is 5.68. The average molecular weight is 253 g/mol. The van der Waals surface area contributed by atoms with Crippen molar-refractivity contribution in [1.29, 1.82) is 0 Å². The van der Waals surface area contributed by atoms with E-state index in [2.05, 4.69) is 47.8 Å². The molecule has 19 heavy (non-hydrogen) atoms. The summed E-state index contributed by atoms with van der Waals surface area (Å²) in [5.74, 6) is 1.06. The minimum atomic E-state index is 0.850. The number of hydrogen-bond donors (Lipinski definition) is 1. The summed E-state index contributed by atoms with van der Waals surface area (Å²) in [6.07, 6.45) is 2.24. The molecule has 2 heteroatoms. The molecule has 0 aromatic heterocycles. The quantitative estimate of drug-likeness (QED) is 0.905. The van der Waals surface area contributed by atoms with Crippen molar-refractivity contribution in [1.82, 2.24) is 5.32 Å². The molecule has 2 aromatic carbocycles. The Bertz CT molecular complexity index is 577. The summed E-state index contributed by atoms with van der Waals surface area (Å²) in [6.45, 7) is 1.74. The zero-order valence-electron chi connectivity index (χ0n) is 11.3. The van der Waals surface area contributed by atoms with Crippen molar-refractivity contribution in [3.05, 3.63) is 53.6 Å². The predicted molar refractivity (Wildman–Crippen MR) is 78.5 cm³/mol. The highest BCUT2D eigenvalue weighted by atomic mass is 16.5. The van der Waals surface area contributed by atoms with E-state index in [1.54, 1.807) is 0 Å². The van der Waals surface area contributed by atoms with Crippen LogP contribution in [0.1, 0.15) is 17.5 Å². The smallest absolute Gasteiger partial charge is 0.122 e. The Kier molecular flexibility index (Phi) is 3.51. The van der Waals surface area contributed by atoms with E-state index in [4.69, 9.17) is 4.74 Å². The molecule has 0 atom stereocenters. The van der Waals surface area contributed by atoms with Gasteiger partial charge in [-0.3, -0.25) is 0 Å². The van der Waals surface area contributed by atoms with Gasteiger partial charge < -0.3 is 10.1 Å². The molecule has 1 aliphatic rings. The third-order valence-electron chi connectivity index (χ3n) is 3.60. The first kappa shape index (κ1) is 12.2. The molecule has 0 spiro atoms. The third-order valence-corrected chi connectivity index (χ3v) is 3.60. The van der Waals surface area contributed by atoms with Gasteiger partial charge in [-0.2, -0.15) is 0 Å². The largest absolute Gasteiger partial charge is 0.493 e. The van der Waals surface area contributed by atoms with Gasteiger partial charge >= 0.3 is 0 Å². The van der Waals surface area contributed by atoms with Crippen LogP contribution in [0.2, 0.25) is 0 Å². The van der Waals surface area contributed by atoms with Crippen LogP contribution in [-0.2, 0) is 13.0 Å². The molecular formula is C17H19NO. The predicted octanol–water partition coefficient (Wildman–Crippen LogP) is 3.40. The number of rotatable bonds is 3. The lowest BCUT2D eigenvalue weighted by Gasteiger charge is -2.18. The lowest BCUT2D eigenvalue weighted by atomic mass is 9.95. The molecule has 0 aliphatic carbocycles. The number of ether oxygens (including phenoxy) is 1. The monoisotopic (exact) mass is 253 g/mol. The van der Waals surface area contributed by atoms with Crippen molar-refractivity contribution in [3.63, 3.8) is 0 Å². The molecular weight excluding hydrogens is 234 g/mol. The summed E-state index contributed by atoms with van der Waals surface area (Å²) in [5.41, 5.74) is 5.27. The van der Waals surface area contributed by atoms with Gasteiger partial charge in [0, 0.05) is 6.54 Å². The Hall–Kier alpha value is -1.80. The van der Waals surface area contributed by atoms with Crippen molar-refractivity contribution in [2.75, 3.05) is 13.7 Å². The number of benzene rings is 2. The fraction of sp³-hybridized carbons (Fsp3) is 0.294. The summed E-state index contributed by atoms with van der Waals surface area (Å²) in [5, 5.41) is 3.23. The summed E-state index contributed by atoms with van der Waals surface area (Å²) in [4.78, 5) is 0. The van der Waals surface area contributed by atoms with Gasteiger partial charge in [-0.05, 0) is 54.3 Å². The van der Waals surface area contributed by atoms with Crippen LogP contribution in [0.25, 0.3) is 11.1 Å². The van der Waals surface area contributed by atoms with E-state index in [9.17, 15) is 0 Å². The summed E-state index contributed by atoms with van der Waals surface area (Å²) < 4.78 is 5.68. The maximum atomic E-state index is 5.68. The van der Waals surface area contributed by atoms with E-state index in [-0.39, 0.29) is 0 Å². The van der Waals surface area contributed by atoms with Crippen LogP contribution in [0.3, 0.4) is 0 Å². The number of nitrogens with one attached hydrogen (secondary N) is 1. The Labute approximate surface area is 114 Å². The van der Waals surface area contributed by atoms with E-state index < -0.39 is 0 Å². The van der Waals surface area contributed by atoms with Crippen LogP contribution < -0.4 is 10.1 Å². The fourth-order valence-electron chi connectivity index (χ4n) is 2.67. The molecule has 0 fully saturated rings. The van der Waals surface area contributed by atoms with Crippen LogP contribution in [-0.4, -0.2) is 13.7 Å². The molecule has 0 amide bonds. The zero-order valence-corrected chi connectivity index (χ0v) is 11.3. The van der Waals surface area contributed by atoms with Crippen LogP contribution in [0.4, 0.5) is 0 Å². The van der Waals surface area contributed by atoms with Crippen molar-refractivity contribution in [2.45, 2.75) is 19.4 Å². The topological polar surface area (TPSA) is 21.3 Å². The molecule has 1 heterocycles. The molecule has 2 nitrogen and oxygen atoms in total. The maximum Gasteiger partial charge on any atom is 0.122 e. The van der Waals surface area contributed by atoms with Crippen molar-refractivity contribution in [3.8, 4) is 16.9 Å². The number of aryl methyl sites for hydroxylation is 1. The van der Waals surface area contributed by atoms with Gasteiger partial charge in [0.25, 0.3) is 0 Å². The highest BCUT2D eigenvalue weighted by Gasteiger charge is 2.12. The SMILES string of the molecule is CNCc1ccccc1-c1ccc2c(c1)CCCO2. The highest BCUT2D eigenvalue weighted by Crippen LogP contribution is 2.31. The summed E-state index contributed by atoms with van der Waals surface area (Å²) in [6, 6.07) is 15.1. The third kappa shape index (κ3) is 2.49. The van der Waals surface area contributed by atoms with Gasteiger partial charge in [-0.15, -0.1) is 0 Å². The molecule has 3 rings (SSSR count). The molecule has 1 aliphatic heterocycles. The first-order chi connectivity index (χ1) is 9.38. The highest BCUT2D eigenvalue weighted by molar-refractivity contribution is 5.69. The van der Waals surface area contributed by atoms with E-state index in [0.29, 0.717) is 0 Å². The molecule has 98 valence electrons. The van der Waals surface area contributed by atoms with Crippen molar-refractivity contribution in [2.24, 2.45) is 0 Å². The first-order valence-electron chi connectivity index (χ1n) is 6.87. The second-order valence-electron chi connectivity index (χ2n) is 4.96. The summed E-state index contributed by atoms with van der Waals surface area (Å²) >= 11 is 0. The number of hydrogen-bond acceptors (Lipinski definition) is 2. The van der Waals surface area contributed by atoms with E-state index in [1.165, 1.54) is 22.3 Å². The molecule has 0 saturated carbocycles.